The Balaban J connectivity index is 1.40. The number of carbonyl (C=O) groups is 2. The number of halogens is 1. The molecule has 3 heterocycles. The van der Waals surface area contributed by atoms with Crippen molar-refractivity contribution >= 4 is 11.9 Å². The summed E-state index contributed by atoms with van der Waals surface area (Å²) in [5.41, 5.74) is 1.95. The lowest BCUT2D eigenvalue weighted by atomic mass is 10.1. The molecule has 0 spiro atoms. The summed E-state index contributed by atoms with van der Waals surface area (Å²) in [7, 11) is 1.37. The van der Waals surface area contributed by atoms with E-state index in [-0.39, 0.29) is 43.6 Å². The first-order valence-electron chi connectivity index (χ1n) is 10.7. The van der Waals surface area contributed by atoms with E-state index in [2.05, 4.69) is 25.7 Å². The highest BCUT2D eigenvalue weighted by Gasteiger charge is 2.28. The molecule has 2 atom stereocenters. The van der Waals surface area contributed by atoms with Crippen LogP contribution in [0.5, 0.6) is 5.75 Å². The standard InChI is InChI=1S/C22H23FN6O6/c1-12-5-14(20-26-28-29(27-20)9-15-10-35-19(11-34-15)22(31)32)7-17(25-12)21(30)24-8-13-3-4-16(23)18(6-13)33-2/h3-7,15,19H,8-11H2,1-2H3,(H,24,30)(H,31,32). The van der Waals surface area contributed by atoms with E-state index < -0.39 is 29.9 Å². The summed E-state index contributed by atoms with van der Waals surface area (Å²) in [6, 6.07) is 7.61. The van der Waals surface area contributed by atoms with E-state index in [1.807, 2.05) is 0 Å². The molecule has 184 valence electrons. The molecule has 1 saturated heterocycles. The highest BCUT2D eigenvalue weighted by molar-refractivity contribution is 5.93. The molecule has 0 aliphatic carbocycles. The second kappa shape index (κ2) is 10.5. The number of aliphatic carboxylic acids is 1. The first-order chi connectivity index (χ1) is 16.8. The normalized spacial score (nSPS) is 17.7. The van der Waals surface area contributed by atoms with Crippen LogP contribution in [0.3, 0.4) is 0 Å². The van der Waals surface area contributed by atoms with Crippen LogP contribution in [-0.4, -0.2) is 74.7 Å². The third-order valence-corrected chi connectivity index (χ3v) is 5.17. The Labute approximate surface area is 199 Å². The van der Waals surface area contributed by atoms with Crippen LogP contribution in [0.15, 0.2) is 30.3 Å². The van der Waals surface area contributed by atoms with Gasteiger partial charge >= 0.3 is 5.97 Å². The molecular weight excluding hydrogens is 463 g/mol. The third-order valence-electron chi connectivity index (χ3n) is 5.17. The van der Waals surface area contributed by atoms with Crippen molar-refractivity contribution in [1.29, 1.82) is 0 Å². The Kier molecular flexibility index (Phi) is 7.27. The van der Waals surface area contributed by atoms with Gasteiger partial charge in [-0.25, -0.2) is 14.2 Å². The largest absolute Gasteiger partial charge is 0.494 e. The zero-order valence-corrected chi connectivity index (χ0v) is 19.0. The Hall–Kier alpha value is -3.97. The van der Waals surface area contributed by atoms with Crippen LogP contribution in [0.1, 0.15) is 21.7 Å². The highest BCUT2D eigenvalue weighted by atomic mass is 19.1. The molecule has 4 rings (SSSR count). The van der Waals surface area contributed by atoms with Crippen molar-refractivity contribution in [2.24, 2.45) is 0 Å². The highest BCUT2D eigenvalue weighted by Crippen LogP contribution is 2.19. The van der Waals surface area contributed by atoms with Gasteiger partial charge in [0.05, 0.1) is 26.9 Å². The topological polar surface area (TPSA) is 151 Å². The van der Waals surface area contributed by atoms with Crippen molar-refractivity contribution < 1.29 is 33.3 Å². The van der Waals surface area contributed by atoms with Crippen molar-refractivity contribution in [1.82, 2.24) is 30.5 Å². The molecule has 1 aliphatic heterocycles. The fourth-order valence-corrected chi connectivity index (χ4v) is 3.41. The van der Waals surface area contributed by atoms with Crippen LogP contribution in [0.25, 0.3) is 11.4 Å². The monoisotopic (exact) mass is 486 g/mol. The number of benzene rings is 1. The molecule has 0 saturated carbocycles. The van der Waals surface area contributed by atoms with Crippen molar-refractivity contribution in [3.05, 3.63) is 53.1 Å². The number of aromatic nitrogens is 5. The SMILES string of the molecule is COc1cc(CNC(=O)c2cc(-c3nnn(CC4COC(C(=O)O)CO4)n3)cc(C)n2)ccc1F. The van der Waals surface area contributed by atoms with Crippen LogP contribution < -0.4 is 10.1 Å². The lowest BCUT2D eigenvalue weighted by Crippen LogP contribution is -2.42. The molecule has 3 aromatic rings. The van der Waals surface area contributed by atoms with Gasteiger partial charge in [0.2, 0.25) is 5.82 Å². The average Bonchev–Trinajstić information content (AvgIpc) is 3.31. The number of aryl methyl sites for hydroxylation is 1. The molecule has 1 aromatic carbocycles. The Morgan fingerprint density at radius 3 is 2.80 bits per heavy atom. The van der Waals surface area contributed by atoms with E-state index >= 15 is 0 Å². The van der Waals surface area contributed by atoms with Crippen molar-refractivity contribution in [3.8, 4) is 17.1 Å². The third kappa shape index (κ3) is 5.94. The summed E-state index contributed by atoms with van der Waals surface area (Å²) < 4.78 is 29.3. The van der Waals surface area contributed by atoms with E-state index in [0.29, 0.717) is 16.8 Å². The van der Waals surface area contributed by atoms with Gasteiger partial charge in [0.15, 0.2) is 17.7 Å². The lowest BCUT2D eigenvalue weighted by Gasteiger charge is -2.26. The number of carboxylic acid groups (broad SMARTS) is 1. The van der Waals surface area contributed by atoms with Gasteiger partial charge < -0.3 is 24.6 Å². The summed E-state index contributed by atoms with van der Waals surface area (Å²) in [5, 5.41) is 24.1. The van der Waals surface area contributed by atoms with E-state index in [1.165, 1.54) is 24.0 Å². The van der Waals surface area contributed by atoms with Crippen LogP contribution >= 0.6 is 0 Å². The van der Waals surface area contributed by atoms with E-state index in [4.69, 9.17) is 19.3 Å². The van der Waals surface area contributed by atoms with Crippen molar-refractivity contribution in [2.45, 2.75) is 32.2 Å². The van der Waals surface area contributed by atoms with Crippen molar-refractivity contribution in [2.75, 3.05) is 20.3 Å². The Bertz CT molecular complexity index is 1230. The molecule has 2 aromatic heterocycles. The summed E-state index contributed by atoms with van der Waals surface area (Å²) in [5.74, 6) is -1.61. The van der Waals surface area contributed by atoms with Gasteiger partial charge in [-0.15, -0.1) is 10.2 Å². The summed E-state index contributed by atoms with van der Waals surface area (Å²) in [6.45, 7) is 2.14. The van der Waals surface area contributed by atoms with Gasteiger partial charge in [0.1, 0.15) is 11.8 Å². The molecule has 12 nitrogen and oxygen atoms in total. The summed E-state index contributed by atoms with van der Waals surface area (Å²) in [4.78, 5) is 29.2. The number of nitrogens with one attached hydrogen (secondary N) is 1. The smallest absolute Gasteiger partial charge is 0.335 e. The summed E-state index contributed by atoms with van der Waals surface area (Å²) >= 11 is 0. The molecular formula is C22H23FN6O6. The van der Waals surface area contributed by atoms with Gasteiger partial charge in [-0.2, -0.15) is 4.80 Å². The molecule has 1 fully saturated rings. The number of carboxylic acids is 1. The number of hydrogen-bond donors (Lipinski definition) is 2. The predicted octanol–water partition coefficient (Wildman–Crippen LogP) is 0.990. The van der Waals surface area contributed by atoms with Gasteiger partial charge in [0.25, 0.3) is 5.91 Å². The quantitative estimate of drug-likeness (QED) is 0.472. The minimum atomic E-state index is -1.07. The first-order valence-corrected chi connectivity index (χ1v) is 10.7. The minimum absolute atomic E-state index is 0.0612. The maximum absolute atomic E-state index is 13.6. The zero-order valence-electron chi connectivity index (χ0n) is 19.0. The molecule has 1 amide bonds. The number of ether oxygens (including phenoxy) is 3. The molecule has 2 unspecified atom stereocenters. The first kappa shape index (κ1) is 24.2. The van der Waals surface area contributed by atoms with Gasteiger partial charge in [0, 0.05) is 17.8 Å². The number of methoxy groups -OCH3 is 1. The second-order valence-electron chi connectivity index (χ2n) is 7.82. The van der Waals surface area contributed by atoms with Gasteiger partial charge in [-0.05, 0) is 42.0 Å². The van der Waals surface area contributed by atoms with Crippen LogP contribution in [-0.2, 0) is 27.4 Å². The van der Waals surface area contributed by atoms with Crippen molar-refractivity contribution in [3.63, 3.8) is 0 Å². The fourth-order valence-electron chi connectivity index (χ4n) is 3.41. The number of carbonyl (C=O) groups excluding carboxylic acids is 1. The Morgan fingerprint density at radius 2 is 2.09 bits per heavy atom. The van der Waals surface area contributed by atoms with E-state index in [1.54, 1.807) is 25.1 Å². The van der Waals surface area contributed by atoms with Gasteiger partial charge in [-0.1, -0.05) is 6.07 Å². The molecule has 0 radical (unpaired) electrons. The fraction of sp³-hybridized carbons (Fsp3) is 0.364. The number of rotatable bonds is 8. The number of amides is 1. The number of pyridine rings is 1. The van der Waals surface area contributed by atoms with Crippen LogP contribution in [0.2, 0.25) is 0 Å². The second-order valence-corrected chi connectivity index (χ2v) is 7.82. The van der Waals surface area contributed by atoms with Gasteiger partial charge in [-0.3, -0.25) is 4.79 Å². The average molecular weight is 486 g/mol. The van der Waals surface area contributed by atoms with Crippen LogP contribution in [0.4, 0.5) is 4.39 Å². The van der Waals surface area contributed by atoms with E-state index in [0.717, 1.165) is 0 Å². The van der Waals surface area contributed by atoms with E-state index in [9.17, 15) is 14.0 Å². The lowest BCUT2D eigenvalue weighted by molar-refractivity contribution is -0.177. The number of tetrazole rings is 1. The maximum Gasteiger partial charge on any atom is 0.335 e. The minimum Gasteiger partial charge on any atom is -0.494 e. The Morgan fingerprint density at radius 1 is 1.26 bits per heavy atom. The van der Waals surface area contributed by atoms with Crippen LogP contribution in [0, 0.1) is 12.7 Å². The molecule has 0 bridgehead atoms. The molecule has 13 heteroatoms. The zero-order chi connectivity index (χ0) is 24.9. The maximum atomic E-state index is 13.6. The molecule has 35 heavy (non-hydrogen) atoms. The molecule has 2 N–H and O–H groups in total. The number of nitrogens with zero attached hydrogens (tertiary/aromatic N) is 5. The molecule has 1 aliphatic rings. The summed E-state index contributed by atoms with van der Waals surface area (Å²) in [6.07, 6.45) is -1.40. The predicted molar refractivity (Wildman–Crippen MR) is 117 cm³/mol. The number of hydrogen-bond acceptors (Lipinski definition) is 9.